The van der Waals surface area contributed by atoms with Crippen molar-refractivity contribution in [3.8, 4) is 11.3 Å². The Labute approximate surface area is 145 Å². The first-order valence-corrected chi connectivity index (χ1v) is 8.57. The zero-order chi connectivity index (χ0) is 15.1. The van der Waals surface area contributed by atoms with Gasteiger partial charge in [-0.05, 0) is 40.2 Å². The van der Waals surface area contributed by atoms with Crippen LogP contribution in [0.3, 0.4) is 0 Å². The van der Waals surface area contributed by atoms with Gasteiger partial charge in [0.25, 0.3) is 0 Å². The van der Waals surface area contributed by atoms with Gasteiger partial charge in [0.2, 0.25) is 0 Å². The predicted molar refractivity (Wildman–Crippen MR) is 92.4 cm³/mol. The van der Waals surface area contributed by atoms with Crippen molar-refractivity contribution >= 4 is 71.7 Å². The molecular weight excluding hydrogens is 441 g/mol. The van der Waals surface area contributed by atoms with E-state index in [1.165, 1.54) is 11.3 Å². The fourth-order valence-corrected chi connectivity index (χ4v) is 4.21. The molecule has 0 radical (unpaired) electrons. The third-order valence-corrected chi connectivity index (χ3v) is 5.08. The lowest BCUT2D eigenvalue weighted by Gasteiger charge is -2.08. The number of nitrogens with zero attached hydrogens (tertiary/aromatic N) is 1. The van der Waals surface area contributed by atoms with Gasteiger partial charge < -0.3 is 5.11 Å². The van der Waals surface area contributed by atoms with E-state index in [9.17, 15) is 9.90 Å². The van der Waals surface area contributed by atoms with Crippen LogP contribution >= 0.6 is 54.8 Å². The van der Waals surface area contributed by atoms with Gasteiger partial charge in [-0.2, -0.15) is 0 Å². The van der Waals surface area contributed by atoms with Crippen LogP contribution < -0.4 is 0 Å². The minimum atomic E-state index is -0.991. The highest BCUT2D eigenvalue weighted by Crippen LogP contribution is 2.34. The van der Waals surface area contributed by atoms with Crippen molar-refractivity contribution < 1.29 is 9.90 Å². The fourth-order valence-electron chi connectivity index (χ4n) is 2.02. The third-order valence-electron chi connectivity index (χ3n) is 2.93. The summed E-state index contributed by atoms with van der Waals surface area (Å²) >= 11 is 14.1. The number of carbonyl (C=O) groups is 1. The quantitative estimate of drug-likeness (QED) is 0.537. The van der Waals surface area contributed by atoms with E-state index in [0.29, 0.717) is 20.9 Å². The second-order valence-electron chi connectivity index (χ2n) is 4.28. The normalized spacial score (nSPS) is 11.0. The average molecular weight is 448 g/mol. The first kappa shape index (κ1) is 15.0. The van der Waals surface area contributed by atoms with E-state index in [-0.39, 0.29) is 5.56 Å². The number of pyridine rings is 1. The van der Waals surface area contributed by atoms with Crippen LogP contribution in [-0.4, -0.2) is 16.1 Å². The Balaban J connectivity index is 2.37. The molecule has 21 heavy (non-hydrogen) atoms. The van der Waals surface area contributed by atoms with E-state index >= 15 is 0 Å². The maximum absolute atomic E-state index is 11.5. The van der Waals surface area contributed by atoms with E-state index in [1.54, 1.807) is 18.2 Å². The van der Waals surface area contributed by atoms with Gasteiger partial charge in [0.05, 0.1) is 21.1 Å². The largest absolute Gasteiger partial charge is 0.478 e. The van der Waals surface area contributed by atoms with Gasteiger partial charge in [-0.3, -0.25) is 0 Å². The minimum Gasteiger partial charge on any atom is -0.478 e. The van der Waals surface area contributed by atoms with Gasteiger partial charge in [-0.15, -0.1) is 11.3 Å². The molecule has 0 aliphatic heterocycles. The van der Waals surface area contributed by atoms with Crippen molar-refractivity contribution in [3.63, 3.8) is 0 Å². The molecule has 0 atom stereocenters. The molecule has 106 valence electrons. The molecule has 1 aromatic carbocycles. The highest BCUT2D eigenvalue weighted by Gasteiger charge is 2.16. The molecule has 0 unspecified atom stereocenters. The number of aromatic carboxylic acids is 1. The Hall–Kier alpha value is -0.950. The zero-order valence-corrected chi connectivity index (χ0v) is 15.0. The summed E-state index contributed by atoms with van der Waals surface area (Å²) in [5.74, 6) is -0.991. The lowest BCUT2D eigenvalue weighted by Crippen LogP contribution is -2.00. The van der Waals surface area contributed by atoms with E-state index in [1.807, 2.05) is 11.4 Å². The van der Waals surface area contributed by atoms with Crippen molar-refractivity contribution in [1.29, 1.82) is 0 Å². The Morgan fingerprint density at radius 3 is 2.62 bits per heavy atom. The number of carboxylic acids is 1. The molecule has 3 rings (SSSR count). The maximum Gasteiger partial charge on any atom is 0.336 e. The number of hydrogen-bond donors (Lipinski definition) is 1. The number of thiophene rings is 1. The van der Waals surface area contributed by atoms with Gasteiger partial charge >= 0.3 is 5.97 Å². The summed E-state index contributed by atoms with van der Waals surface area (Å²) in [6, 6.07) is 6.94. The molecule has 0 aliphatic rings. The molecule has 7 heteroatoms. The van der Waals surface area contributed by atoms with Crippen molar-refractivity contribution in [2.24, 2.45) is 0 Å². The number of rotatable bonds is 2. The van der Waals surface area contributed by atoms with Crippen LogP contribution in [0.25, 0.3) is 22.2 Å². The molecule has 1 N–H and O–H groups in total. The Morgan fingerprint density at radius 1 is 1.24 bits per heavy atom. The molecule has 0 fully saturated rings. The molecule has 2 heterocycles. The minimum absolute atomic E-state index is 0.208. The van der Waals surface area contributed by atoms with Crippen LogP contribution in [0.5, 0.6) is 0 Å². The summed E-state index contributed by atoms with van der Waals surface area (Å²) in [4.78, 5) is 16.1. The molecule has 0 spiro atoms. The van der Waals surface area contributed by atoms with Crippen LogP contribution in [-0.2, 0) is 0 Å². The average Bonchev–Trinajstić information content (AvgIpc) is 2.84. The van der Waals surface area contributed by atoms with Crippen LogP contribution in [0.4, 0.5) is 0 Å². The monoisotopic (exact) mass is 445 g/mol. The van der Waals surface area contributed by atoms with E-state index in [2.05, 4.69) is 36.8 Å². The smallest absolute Gasteiger partial charge is 0.336 e. The predicted octanol–water partition coefficient (Wildman–Crippen LogP) is 5.84. The molecule has 3 aromatic rings. The zero-order valence-electron chi connectivity index (χ0n) is 10.2. The molecule has 0 amide bonds. The molecular formula is C14H6Br2ClNO2S. The second kappa shape index (κ2) is 5.68. The van der Waals surface area contributed by atoms with E-state index in [4.69, 9.17) is 11.6 Å². The lowest BCUT2D eigenvalue weighted by atomic mass is 10.1. The molecule has 0 aliphatic carbocycles. The number of halogens is 3. The molecule has 0 bridgehead atoms. The van der Waals surface area contributed by atoms with Gasteiger partial charge in [0.15, 0.2) is 0 Å². The first-order valence-electron chi connectivity index (χ1n) is 5.73. The highest BCUT2D eigenvalue weighted by molar-refractivity contribution is 9.11. The SMILES string of the molecule is O=C(O)c1cc(-c2csc(Cl)c2)nc2c(Br)cc(Br)cc12. The molecule has 0 saturated heterocycles. The number of carboxylic acid groups (broad SMARTS) is 1. The lowest BCUT2D eigenvalue weighted by molar-refractivity contribution is 0.0699. The van der Waals surface area contributed by atoms with Crippen LogP contribution in [0.1, 0.15) is 10.4 Å². The van der Waals surface area contributed by atoms with Crippen molar-refractivity contribution in [2.45, 2.75) is 0 Å². The summed E-state index contributed by atoms with van der Waals surface area (Å²) in [7, 11) is 0. The van der Waals surface area contributed by atoms with Crippen molar-refractivity contribution in [2.75, 3.05) is 0 Å². The number of fused-ring (bicyclic) bond motifs is 1. The Morgan fingerprint density at radius 2 is 2.00 bits per heavy atom. The van der Waals surface area contributed by atoms with Gasteiger partial charge in [0.1, 0.15) is 0 Å². The topological polar surface area (TPSA) is 50.2 Å². The van der Waals surface area contributed by atoms with Gasteiger partial charge in [-0.1, -0.05) is 27.5 Å². The summed E-state index contributed by atoms with van der Waals surface area (Å²) in [6.45, 7) is 0. The van der Waals surface area contributed by atoms with E-state index in [0.717, 1.165) is 14.5 Å². The number of aromatic nitrogens is 1. The molecule has 3 nitrogen and oxygen atoms in total. The summed E-state index contributed by atoms with van der Waals surface area (Å²) in [5.41, 5.74) is 2.21. The van der Waals surface area contributed by atoms with Crippen molar-refractivity contribution in [1.82, 2.24) is 4.98 Å². The van der Waals surface area contributed by atoms with E-state index < -0.39 is 5.97 Å². The second-order valence-corrected chi connectivity index (χ2v) is 7.60. The molecule has 0 saturated carbocycles. The summed E-state index contributed by atoms with van der Waals surface area (Å²) in [6.07, 6.45) is 0. The third kappa shape index (κ3) is 2.85. The standard InChI is InChI=1S/C14H6Br2ClNO2S/c15-7-2-8-9(14(19)20)4-11(6-1-12(17)21-5-6)18-13(8)10(16)3-7/h1-5H,(H,19,20). The Bertz CT molecular complexity index is 879. The Kier molecular flexibility index (Phi) is 4.05. The summed E-state index contributed by atoms with van der Waals surface area (Å²) in [5, 5.41) is 11.9. The fraction of sp³-hybridized carbons (Fsp3) is 0. The van der Waals surface area contributed by atoms with Crippen LogP contribution in [0.2, 0.25) is 4.34 Å². The van der Waals surface area contributed by atoms with Crippen molar-refractivity contribution in [3.05, 3.63) is 48.5 Å². The van der Waals surface area contributed by atoms with Crippen LogP contribution in [0, 0.1) is 0 Å². The van der Waals surface area contributed by atoms with Gasteiger partial charge in [-0.25, -0.2) is 9.78 Å². The molecule has 2 aromatic heterocycles. The first-order chi connectivity index (χ1) is 9.95. The highest BCUT2D eigenvalue weighted by atomic mass is 79.9. The number of hydrogen-bond acceptors (Lipinski definition) is 3. The van der Waals surface area contributed by atoms with Crippen LogP contribution in [0.15, 0.2) is 38.6 Å². The van der Waals surface area contributed by atoms with Gasteiger partial charge in [0, 0.05) is 25.3 Å². The number of benzene rings is 1. The maximum atomic E-state index is 11.5. The summed E-state index contributed by atoms with van der Waals surface area (Å²) < 4.78 is 2.16.